The van der Waals surface area contributed by atoms with Gasteiger partial charge in [-0.15, -0.1) is 0 Å². The largest absolute Gasteiger partial charge is 0.466 e. The lowest BCUT2D eigenvalue weighted by Gasteiger charge is -2.36. The average Bonchev–Trinajstić information content (AvgIpc) is 2.85. The molecule has 1 aliphatic heterocycles. The van der Waals surface area contributed by atoms with Gasteiger partial charge in [0.1, 0.15) is 0 Å². The minimum atomic E-state index is -0.194. The number of amides is 1. The van der Waals surface area contributed by atoms with Gasteiger partial charge >= 0.3 is 5.97 Å². The summed E-state index contributed by atoms with van der Waals surface area (Å²) in [6.07, 6.45) is 3.17. The van der Waals surface area contributed by atoms with Crippen LogP contribution in [0, 0.1) is 5.92 Å². The molecular formula is C27H34Cl2N4O4. The van der Waals surface area contributed by atoms with Crippen LogP contribution in [-0.4, -0.2) is 45.0 Å². The monoisotopic (exact) mass is 548 g/mol. The number of halogens is 2. The Morgan fingerprint density at radius 3 is 2.49 bits per heavy atom. The number of nitrogens with zero attached hydrogens (tertiary/aromatic N) is 3. The minimum Gasteiger partial charge on any atom is -0.466 e. The number of rotatable bonds is 6. The number of ether oxygens (including phenoxy) is 1. The number of benzene rings is 1. The lowest BCUT2D eigenvalue weighted by atomic mass is 9.85. The molecule has 10 heteroatoms. The number of esters is 1. The van der Waals surface area contributed by atoms with Crippen molar-refractivity contribution < 1.29 is 14.3 Å². The molecule has 0 radical (unpaired) electrons. The number of carbonyl (C=O) groups is 2. The molecule has 2 heterocycles. The smallest absolute Gasteiger partial charge is 0.308 e. The Kier molecular flexibility index (Phi) is 8.49. The predicted octanol–water partition coefficient (Wildman–Crippen LogP) is 5.25. The first-order valence-electron chi connectivity index (χ1n) is 12.9. The third-order valence-electron chi connectivity index (χ3n) is 7.17. The molecule has 1 aromatic heterocycles. The van der Waals surface area contributed by atoms with E-state index in [2.05, 4.69) is 5.32 Å². The van der Waals surface area contributed by atoms with Crippen LogP contribution < -0.4 is 10.9 Å². The summed E-state index contributed by atoms with van der Waals surface area (Å²) in [5, 5.41) is 4.05. The standard InChI is InChI=1S/C27H34Cl2N4O4/c1-5-37-26(36)17-6-9-19(10-7-17)33-25(35)20-12-16(4)32(14-23(20)31-27(33)30-15(2)3)24(34)18-8-11-21(28)22(29)13-18/h8,11,13,15-17,19H,5-7,9-10,12,14H2,1-4H3,(H,30,31)/t16-,17?,19?/m1/s1. The molecule has 2 aliphatic rings. The molecule has 1 amide bonds. The van der Waals surface area contributed by atoms with Gasteiger partial charge in [-0.2, -0.15) is 0 Å². The number of nitrogens with one attached hydrogen (secondary N) is 1. The summed E-state index contributed by atoms with van der Waals surface area (Å²) in [6.45, 7) is 8.34. The van der Waals surface area contributed by atoms with Crippen LogP contribution in [0.5, 0.6) is 0 Å². The van der Waals surface area contributed by atoms with Gasteiger partial charge in [-0.3, -0.25) is 19.0 Å². The van der Waals surface area contributed by atoms with E-state index in [1.54, 1.807) is 27.7 Å². The van der Waals surface area contributed by atoms with Crippen molar-refractivity contribution in [1.29, 1.82) is 0 Å². The van der Waals surface area contributed by atoms with E-state index < -0.39 is 0 Å². The molecule has 1 N–H and O–H groups in total. The van der Waals surface area contributed by atoms with Crippen molar-refractivity contribution >= 4 is 41.0 Å². The van der Waals surface area contributed by atoms with Crippen LogP contribution in [0.15, 0.2) is 23.0 Å². The zero-order chi connectivity index (χ0) is 26.9. The van der Waals surface area contributed by atoms with E-state index in [0.717, 1.165) is 0 Å². The van der Waals surface area contributed by atoms with Crippen molar-refractivity contribution in [3.8, 4) is 0 Å². The summed E-state index contributed by atoms with van der Waals surface area (Å²) >= 11 is 12.2. The van der Waals surface area contributed by atoms with Crippen LogP contribution in [0.2, 0.25) is 10.0 Å². The SMILES string of the molecule is CCOC(=O)C1CCC(n2c(NC(C)C)nc3c(c2=O)C[C@@H](C)N(C(=O)c2ccc(Cl)c(Cl)c2)C3)CC1. The van der Waals surface area contributed by atoms with Gasteiger partial charge in [0.25, 0.3) is 11.5 Å². The Morgan fingerprint density at radius 1 is 1.16 bits per heavy atom. The Hall–Kier alpha value is -2.58. The minimum absolute atomic E-state index is 0.0524. The molecule has 1 fully saturated rings. The number of hydrogen-bond donors (Lipinski definition) is 1. The topological polar surface area (TPSA) is 93.5 Å². The van der Waals surface area contributed by atoms with Gasteiger partial charge in [-0.1, -0.05) is 23.2 Å². The number of carbonyl (C=O) groups excluding carboxylic acids is 2. The van der Waals surface area contributed by atoms with Crippen molar-refractivity contribution in [3.05, 3.63) is 55.4 Å². The molecule has 4 rings (SSSR count). The fraction of sp³-hybridized carbons (Fsp3) is 0.556. The molecule has 1 aromatic carbocycles. The van der Waals surface area contributed by atoms with Gasteiger partial charge in [0.2, 0.25) is 5.95 Å². The number of fused-ring (bicyclic) bond motifs is 1. The third-order valence-corrected chi connectivity index (χ3v) is 7.91. The third kappa shape index (κ3) is 5.80. The maximum Gasteiger partial charge on any atom is 0.308 e. The summed E-state index contributed by atoms with van der Waals surface area (Å²) in [4.78, 5) is 46.0. The second-order valence-electron chi connectivity index (χ2n) is 10.2. The molecule has 0 saturated heterocycles. The van der Waals surface area contributed by atoms with Crippen molar-refractivity contribution in [2.45, 2.75) is 84.5 Å². The highest BCUT2D eigenvalue weighted by molar-refractivity contribution is 6.42. The number of hydrogen-bond acceptors (Lipinski definition) is 6. The van der Waals surface area contributed by atoms with Gasteiger partial charge < -0.3 is 15.0 Å². The van der Waals surface area contributed by atoms with Crippen LogP contribution in [0.25, 0.3) is 0 Å². The van der Waals surface area contributed by atoms with Crippen molar-refractivity contribution in [2.75, 3.05) is 11.9 Å². The van der Waals surface area contributed by atoms with Gasteiger partial charge in [-0.05, 0) is 78.0 Å². The van der Waals surface area contributed by atoms with Crippen molar-refractivity contribution in [3.63, 3.8) is 0 Å². The summed E-state index contributed by atoms with van der Waals surface area (Å²) < 4.78 is 6.99. The van der Waals surface area contributed by atoms with E-state index in [1.165, 1.54) is 0 Å². The van der Waals surface area contributed by atoms with E-state index in [-0.39, 0.29) is 48.0 Å². The maximum atomic E-state index is 13.9. The molecular weight excluding hydrogens is 515 g/mol. The Labute approximate surface area is 227 Å². The number of anilines is 1. The highest BCUT2D eigenvalue weighted by Crippen LogP contribution is 2.35. The zero-order valence-corrected chi connectivity index (χ0v) is 23.2. The number of aromatic nitrogens is 2. The lowest BCUT2D eigenvalue weighted by molar-refractivity contribution is -0.149. The van der Waals surface area contributed by atoms with Crippen LogP contribution in [0.1, 0.15) is 81.0 Å². The van der Waals surface area contributed by atoms with Gasteiger partial charge in [-0.25, -0.2) is 4.98 Å². The fourth-order valence-electron chi connectivity index (χ4n) is 5.27. The summed E-state index contributed by atoms with van der Waals surface area (Å²) in [5.74, 6) is 0.0473. The van der Waals surface area contributed by atoms with E-state index in [1.807, 2.05) is 27.7 Å². The summed E-state index contributed by atoms with van der Waals surface area (Å²) in [7, 11) is 0. The zero-order valence-electron chi connectivity index (χ0n) is 21.7. The van der Waals surface area contributed by atoms with Crippen LogP contribution in [0.3, 0.4) is 0 Å². The normalized spacial score (nSPS) is 21.5. The lowest BCUT2D eigenvalue weighted by Crippen LogP contribution is -2.46. The quantitative estimate of drug-likeness (QED) is 0.495. The molecule has 37 heavy (non-hydrogen) atoms. The molecule has 200 valence electrons. The van der Waals surface area contributed by atoms with Crippen LogP contribution in [-0.2, 0) is 22.5 Å². The summed E-state index contributed by atoms with van der Waals surface area (Å²) in [6, 6.07) is 4.64. The molecule has 8 nitrogen and oxygen atoms in total. The van der Waals surface area contributed by atoms with E-state index in [0.29, 0.717) is 71.5 Å². The molecule has 0 unspecified atom stereocenters. The first-order chi connectivity index (χ1) is 17.6. The summed E-state index contributed by atoms with van der Waals surface area (Å²) in [5.41, 5.74) is 1.63. The molecule has 1 saturated carbocycles. The van der Waals surface area contributed by atoms with Gasteiger partial charge in [0.05, 0.1) is 34.8 Å². The molecule has 0 bridgehead atoms. The molecule has 1 aliphatic carbocycles. The second-order valence-corrected chi connectivity index (χ2v) is 11.0. The highest BCUT2D eigenvalue weighted by atomic mass is 35.5. The van der Waals surface area contributed by atoms with Crippen LogP contribution in [0.4, 0.5) is 5.95 Å². The average molecular weight is 549 g/mol. The Balaban J connectivity index is 1.64. The van der Waals surface area contributed by atoms with E-state index in [4.69, 9.17) is 32.9 Å². The van der Waals surface area contributed by atoms with E-state index in [9.17, 15) is 14.4 Å². The van der Waals surface area contributed by atoms with E-state index >= 15 is 0 Å². The first kappa shape index (κ1) is 27.5. The van der Waals surface area contributed by atoms with Gasteiger partial charge in [0.15, 0.2) is 0 Å². The maximum absolute atomic E-state index is 13.9. The molecule has 0 spiro atoms. The van der Waals surface area contributed by atoms with Gasteiger partial charge in [0, 0.05) is 29.3 Å². The van der Waals surface area contributed by atoms with Crippen LogP contribution >= 0.6 is 23.2 Å². The van der Waals surface area contributed by atoms with Crippen molar-refractivity contribution in [1.82, 2.24) is 14.5 Å². The molecule has 1 atom stereocenters. The Morgan fingerprint density at radius 2 is 1.86 bits per heavy atom. The second kappa shape index (κ2) is 11.4. The highest BCUT2D eigenvalue weighted by Gasteiger charge is 2.35. The Bertz CT molecular complexity index is 1240. The first-order valence-corrected chi connectivity index (χ1v) is 13.7. The van der Waals surface area contributed by atoms with Crippen molar-refractivity contribution in [2.24, 2.45) is 5.92 Å². The fourth-order valence-corrected chi connectivity index (χ4v) is 5.57. The molecule has 2 aromatic rings. The predicted molar refractivity (Wildman–Crippen MR) is 144 cm³/mol.